The maximum atomic E-state index is 7.29. The number of hydrogen-bond acceptors (Lipinski definition) is 3. The Hall–Kier alpha value is -0.379. The van der Waals surface area contributed by atoms with E-state index in [2.05, 4.69) is 115 Å². The van der Waals surface area contributed by atoms with Gasteiger partial charge in [-0.1, -0.05) is 36.4 Å². The third-order valence-corrected chi connectivity index (χ3v) is 29.9. The summed E-state index contributed by atoms with van der Waals surface area (Å²) in [5.41, 5.74) is 0. The van der Waals surface area contributed by atoms with Crippen molar-refractivity contribution in [2.45, 2.75) is 78.6 Å². The fourth-order valence-corrected chi connectivity index (χ4v) is 30.6. The van der Waals surface area contributed by atoms with Crippen LogP contribution in [0.15, 0.2) is 36.4 Å². The third kappa shape index (κ3) is 4.60. The minimum absolute atomic E-state index is 1.40. The number of rotatable bonds is 0. The first kappa shape index (κ1) is 25.7. The molecule has 3 nitrogen and oxygen atoms in total. The van der Waals surface area contributed by atoms with Gasteiger partial charge in [0, 0.05) is 0 Å². The van der Waals surface area contributed by atoms with Crippen molar-refractivity contribution >= 4 is 81.0 Å². The second kappa shape index (κ2) is 7.56. The van der Waals surface area contributed by atoms with Crippen LogP contribution in [0.4, 0.5) is 0 Å². The van der Waals surface area contributed by atoms with Gasteiger partial charge in [-0.25, -0.2) is 0 Å². The third-order valence-electron chi connectivity index (χ3n) is 7.57. The summed E-state index contributed by atoms with van der Waals surface area (Å²) in [7, 11) is -12.9. The maximum absolute atomic E-state index is 7.29. The zero-order valence-electron chi connectivity index (χ0n) is 22.7. The topological polar surface area (TPSA) is 27.7 Å². The van der Waals surface area contributed by atoms with Crippen LogP contribution in [0.2, 0.25) is 78.6 Å². The van der Waals surface area contributed by atoms with Gasteiger partial charge in [-0.05, 0) is 110 Å². The molecule has 3 heterocycles. The van der Waals surface area contributed by atoms with E-state index in [9.17, 15) is 0 Å². The predicted octanol–water partition coefficient (Wildman–Crippen LogP) is 2.94. The van der Waals surface area contributed by atoms with E-state index in [-0.39, 0.29) is 0 Å². The number of hydrogen-bond donors (Lipinski definition) is 0. The van der Waals surface area contributed by atoms with Gasteiger partial charge in [0.1, 0.15) is 0 Å². The molecule has 0 unspecified atom stereocenters. The lowest BCUT2D eigenvalue weighted by Gasteiger charge is -2.43. The molecule has 2 aromatic carbocycles. The Morgan fingerprint density at radius 3 is 0.545 bits per heavy atom. The molecule has 0 amide bonds. The number of benzene rings is 2. The lowest BCUT2D eigenvalue weighted by molar-refractivity contribution is 0.569. The van der Waals surface area contributed by atoms with Gasteiger partial charge in [-0.2, -0.15) is 0 Å². The van der Waals surface area contributed by atoms with Gasteiger partial charge in [0.25, 0.3) is 0 Å². The Morgan fingerprint density at radius 2 is 0.424 bits per heavy atom. The summed E-state index contributed by atoms with van der Waals surface area (Å²) >= 11 is 0. The van der Waals surface area contributed by atoms with Crippen LogP contribution in [0.5, 0.6) is 0 Å². The highest BCUT2D eigenvalue weighted by molar-refractivity contribution is 7.02. The van der Waals surface area contributed by atoms with Crippen LogP contribution >= 0.6 is 0 Å². The summed E-state index contributed by atoms with van der Waals surface area (Å²) in [5.74, 6) is 0. The molecule has 0 saturated heterocycles. The van der Waals surface area contributed by atoms with E-state index in [1.165, 1.54) is 31.1 Å². The molecule has 33 heavy (non-hydrogen) atoms. The maximum Gasteiger partial charge on any atom is 0.206 e. The van der Waals surface area contributed by atoms with Crippen molar-refractivity contribution in [1.29, 1.82) is 0 Å². The molecule has 0 N–H and O–H groups in total. The molecule has 180 valence electrons. The Labute approximate surface area is 207 Å². The normalized spacial score (nSPS) is 25.5. The Kier molecular flexibility index (Phi) is 5.89. The summed E-state index contributed by atoms with van der Waals surface area (Å²) in [6, 6.07) is 14.7. The van der Waals surface area contributed by atoms with Gasteiger partial charge in [-0.15, -0.1) is 0 Å². The molecule has 2 aromatic rings. The highest BCUT2D eigenvalue weighted by atomic mass is 28.4. The Bertz CT molecular complexity index is 873. The summed E-state index contributed by atoms with van der Waals surface area (Å²) < 4.78 is 21.9. The van der Waals surface area contributed by atoms with Crippen LogP contribution < -0.4 is 31.1 Å². The molecule has 0 fully saturated rings. The van der Waals surface area contributed by atoms with E-state index >= 15 is 0 Å². The summed E-state index contributed by atoms with van der Waals surface area (Å²) in [6.07, 6.45) is 0. The number of fused-ring (bicyclic) bond motifs is 6. The van der Waals surface area contributed by atoms with Crippen molar-refractivity contribution in [2.75, 3.05) is 0 Å². The highest BCUT2D eigenvalue weighted by Crippen LogP contribution is 2.23. The molecule has 0 aliphatic carbocycles. The average Bonchev–Trinajstić information content (AvgIpc) is 2.63. The van der Waals surface area contributed by atoms with Crippen molar-refractivity contribution in [3.05, 3.63) is 36.4 Å². The molecule has 0 spiro atoms. The van der Waals surface area contributed by atoms with Gasteiger partial charge in [-0.3, -0.25) is 0 Å². The minimum Gasteiger partial charge on any atom is -0.449 e. The first-order valence-corrected chi connectivity index (χ1v) is 29.6. The quantitative estimate of drug-likeness (QED) is 0.476. The predicted molar refractivity (Wildman–Crippen MR) is 159 cm³/mol. The first-order valence-electron chi connectivity index (χ1n) is 12.2. The van der Waals surface area contributed by atoms with Crippen molar-refractivity contribution in [2.24, 2.45) is 0 Å². The van der Waals surface area contributed by atoms with Gasteiger partial charge in [0.2, 0.25) is 49.9 Å². The molecule has 3 aliphatic heterocycles. The Balaban J connectivity index is 2.19. The van der Waals surface area contributed by atoms with Crippen LogP contribution in [-0.4, -0.2) is 49.9 Å². The second-order valence-electron chi connectivity index (χ2n) is 13.0. The fraction of sp³-hybridized carbons (Fsp3) is 0.500. The molecular weight excluding hydrogens is 505 g/mol. The molecule has 5 rings (SSSR count). The van der Waals surface area contributed by atoms with Crippen molar-refractivity contribution in [3.63, 3.8) is 0 Å². The molecule has 3 aliphatic rings. The van der Waals surface area contributed by atoms with Crippen LogP contribution in [0, 0.1) is 0 Å². The largest absolute Gasteiger partial charge is 0.449 e. The van der Waals surface area contributed by atoms with E-state index in [0.29, 0.717) is 0 Å². The monoisotopic (exact) mass is 546 g/mol. The summed E-state index contributed by atoms with van der Waals surface area (Å²) in [5, 5.41) is 8.42. The lowest BCUT2D eigenvalue weighted by atomic mass is 10.3. The average molecular weight is 547 g/mol. The summed E-state index contributed by atoms with van der Waals surface area (Å²) in [6.45, 7) is 28.6. The van der Waals surface area contributed by atoms with Gasteiger partial charge in [0.05, 0.1) is 0 Å². The standard InChI is InChI=1S/C24H42O3Si6/c1-28(2)19-13-20-15-21(14-19)31(7,8)27-33(11,12)24-17-22(29(3,4)25-28)16-23(18-24)32(9,10)26-30(20,5)6/h13-18H,1-12H3. The lowest BCUT2D eigenvalue weighted by Crippen LogP contribution is -2.68. The van der Waals surface area contributed by atoms with Gasteiger partial charge in [0.15, 0.2) is 0 Å². The highest BCUT2D eigenvalue weighted by Gasteiger charge is 2.45. The molecule has 0 atom stereocenters. The second-order valence-corrected chi connectivity index (χ2v) is 37.0. The Morgan fingerprint density at radius 1 is 0.303 bits per heavy atom. The van der Waals surface area contributed by atoms with Crippen LogP contribution in [-0.2, 0) is 12.3 Å². The molecule has 0 radical (unpaired) electrons. The first-order chi connectivity index (χ1) is 14.8. The van der Waals surface area contributed by atoms with E-state index < -0.39 is 49.9 Å². The van der Waals surface area contributed by atoms with Crippen molar-refractivity contribution in [1.82, 2.24) is 0 Å². The van der Waals surface area contributed by atoms with E-state index in [1.807, 2.05) is 0 Å². The molecule has 0 aromatic heterocycles. The van der Waals surface area contributed by atoms with E-state index in [4.69, 9.17) is 12.3 Å². The molecule has 0 saturated carbocycles. The van der Waals surface area contributed by atoms with Crippen molar-refractivity contribution in [3.8, 4) is 0 Å². The summed E-state index contributed by atoms with van der Waals surface area (Å²) in [4.78, 5) is 0. The van der Waals surface area contributed by atoms with Crippen LogP contribution in [0.25, 0.3) is 0 Å². The zero-order chi connectivity index (χ0) is 24.8. The van der Waals surface area contributed by atoms with Crippen LogP contribution in [0.3, 0.4) is 0 Å². The van der Waals surface area contributed by atoms with E-state index in [1.54, 1.807) is 0 Å². The fourth-order valence-electron chi connectivity index (χ4n) is 5.61. The zero-order valence-corrected chi connectivity index (χ0v) is 28.7. The SMILES string of the molecule is C[Si]1(C)O[Si](C)(C)c2cc3cc(c2)[Si](C)(C)O[Si](C)(C)c2cc1cc(c2)[Si](C)(C)O[Si]3(C)C. The van der Waals surface area contributed by atoms with E-state index in [0.717, 1.165) is 0 Å². The van der Waals surface area contributed by atoms with Crippen LogP contribution in [0.1, 0.15) is 0 Å². The molecule has 6 bridgehead atoms. The van der Waals surface area contributed by atoms with Gasteiger partial charge < -0.3 is 12.3 Å². The van der Waals surface area contributed by atoms with Crippen molar-refractivity contribution < 1.29 is 12.3 Å². The molecule has 9 heteroatoms. The smallest absolute Gasteiger partial charge is 0.206 e. The van der Waals surface area contributed by atoms with Gasteiger partial charge >= 0.3 is 0 Å². The minimum atomic E-state index is -2.16. The molecular formula is C24H42O3Si6.